The molecule has 2 heterocycles. The average Bonchev–Trinajstić information content (AvgIpc) is 3.26. The molecule has 1 aliphatic rings. The van der Waals surface area contributed by atoms with E-state index in [0.717, 1.165) is 18.0 Å². The van der Waals surface area contributed by atoms with Crippen LogP contribution in [-0.2, 0) is 12.7 Å². The first-order chi connectivity index (χ1) is 13.9. The van der Waals surface area contributed by atoms with E-state index in [4.69, 9.17) is 5.26 Å². The summed E-state index contributed by atoms with van der Waals surface area (Å²) >= 11 is 0. The normalized spacial score (nSPS) is 13.4. The summed E-state index contributed by atoms with van der Waals surface area (Å²) in [6.45, 7) is 2.12. The first-order valence-electron chi connectivity index (χ1n) is 8.98. The van der Waals surface area contributed by atoms with Crippen LogP contribution in [0.25, 0.3) is 10.9 Å². The maximum Gasteiger partial charge on any atom is 0.416 e. The molecule has 0 radical (unpaired) electrons. The highest BCUT2D eigenvalue weighted by molar-refractivity contribution is 5.94. The highest BCUT2D eigenvalue weighted by Crippen LogP contribution is 2.35. The van der Waals surface area contributed by atoms with Crippen LogP contribution in [0.15, 0.2) is 42.5 Å². The lowest BCUT2D eigenvalue weighted by Crippen LogP contribution is -2.34. The second-order valence-electron chi connectivity index (χ2n) is 6.71. The minimum atomic E-state index is -4.41. The summed E-state index contributed by atoms with van der Waals surface area (Å²) < 4.78 is 40.5. The molecule has 3 aromatic rings. The highest BCUT2D eigenvalue weighted by atomic mass is 19.4. The van der Waals surface area contributed by atoms with Gasteiger partial charge in [0.1, 0.15) is 5.82 Å². The van der Waals surface area contributed by atoms with Gasteiger partial charge in [-0.2, -0.15) is 23.5 Å². The number of alkyl halides is 3. The topological polar surface area (TPSA) is 74.0 Å². The predicted molar refractivity (Wildman–Crippen MR) is 100 cm³/mol. The number of amides is 1. The highest BCUT2D eigenvalue weighted by Gasteiger charge is 2.32. The van der Waals surface area contributed by atoms with Crippen LogP contribution in [-0.4, -0.2) is 35.3 Å². The Balaban J connectivity index is 1.44. The molecule has 9 heteroatoms. The van der Waals surface area contributed by atoms with Gasteiger partial charge in [-0.3, -0.25) is 4.79 Å². The van der Waals surface area contributed by atoms with Gasteiger partial charge in [-0.25, -0.2) is 4.68 Å². The fourth-order valence-corrected chi connectivity index (χ4v) is 3.43. The Hall–Kier alpha value is -3.54. The average molecular weight is 399 g/mol. The Morgan fingerprint density at radius 2 is 1.93 bits per heavy atom. The molecule has 4 rings (SSSR count). The van der Waals surface area contributed by atoms with Crippen molar-refractivity contribution < 1.29 is 18.0 Å². The quantitative estimate of drug-likeness (QED) is 0.731. The molecule has 2 aromatic carbocycles. The Labute approximate surface area is 164 Å². The number of rotatable bonds is 4. The summed E-state index contributed by atoms with van der Waals surface area (Å²) in [6.07, 6.45) is -4.41. The van der Waals surface area contributed by atoms with Crippen molar-refractivity contribution in [2.24, 2.45) is 0 Å². The molecule has 0 bridgehead atoms. The van der Waals surface area contributed by atoms with Gasteiger partial charge in [0.25, 0.3) is 5.91 Å². The number of hydrogen-bond donors (Lipinski definition) is 1. The Bertz CT molecular complexity index is 1110. The van der Waals surface area contributed by atoms with Crippen LogP contribution in [0.3, 0.4) is 0 Å². The molecule has 0 aliphatic carbocycles. The number of halogens is 3. The van der Waals surface area contributed by atoms with Crippen molar-refractivity contribution in [3.8, 4) is 6.07 Å². The standard InChI is InChI=1S/C20H16F3N5O/c21-20(22,23)15-5-6-16-17(11-15)26-28-10-9-27(19(16)28)8-7-25-18(29)14-3-1-13(12-24)2-4-14/h1-6,11H,7-10H2,(H,25,29). The van der Waals surface area contributed by atoms with Gasteiger partial charge in [-0.05, 0) is 42.5 Å². The number of carbonyl (C=O) groups excluding carboxylic acids is 1. The van der Waals surface area contributed by atoms with E-state index in [1.807, 2.05) is 11.0 Å². The number of nitrogens with one attached hydrogen (secondary N) is 1. The summed E-state index contributed by atoms with van der Waals surface area (Å²) in [4.78, 5) is 14.2. The molecule has 0 atom stereocenters. The fourth-order valence-electron chi connectivity index (χ4n) is 3.43. The molecule has 0 unspecified atom stereocenters. The second kappa shape index (κ2) is 7.13. The minimum absolute atomic E-state index is 0.248. The number of anilines is 1. The largest absolute Gasteiger partial charge is 0.416 e. The lowest BCUT2D eigenvalue weighted by Gasteiger charge is -2.18. The van der Waals surface area contributed by atoms with Crippen LogP contribution in [0.2, 0.25) is 0 Å². The van der Waals surface area contributed by atoms with E-state index >= 15 is 0 Å². The van der Waals surface area contributed by atoms with Crippen LogP contribution in [0.4, 0.5) is 19.0 Å². The summed E-state index contributed by atoms with van der Waals surface area (Å²) in [6, 6.07) is 11.9. The van der Waals surface area contributed by atoms with Gasteiger partial charge in [-0.15, -0.1) is 0 Å². The van der Waals surface area contributed by atoms with E-state index < -0.39 is 11.7 Å². The zero-order valence-corrected chi connectivity index (χ0v) is 15.2. The van der Waals surface area contributed by atoms with Crippen molar-refractivity contribution in [3.63, 3.8) is 0 Å². The predicted octanol–water partition coefficient (Wildman–Crippen LogP) is 3.18. The zero-order valence-electron chi connectivity index (χ0n) is 15.2. The summed E-state index contributed by atoms with van der Waals surface area (Å²) in [5.41, 5.74) is 0.525. The van der Waals surface area contributed by atoms with Crippen molar-refractivity contribution in [2.45, 2.75) is 12.7 Å². The molecule has 29 heavy (non-hydrogen) atoms. The molecule has 0 spiro atoms. The molecule has 1 N–H and O–H groups in total. The van der Waals surface area contributed by atoms with Crippen LogP contribution in [0.5, 0.6) is 0 Å². The van der Waals surface area contributed by atoms with Crippen molar-refractivity contribution in [2.75, 3.05) is 24.5 Å². The van der Waals surface area contributed by atoms with E-state index in [-0.39, 0.29) is 5.91 Å². The summed E-state index contributed by atoms with van der Waals surface area (Å²) in [5, 5.41) is 16.6. The maximum absolute atomic E-state index is 12.9. The first-order valence-corrected chi connectivity index (χ1v) is 8.98. The zero-order chi connectivity index (χ0) is 20.6. The third-order valence-electron chi connectivity index (χ3n) is 4.86. The fraction of sp³-hybridized carbons (Fsp3) is 0.250. The van der Waals surface area contributed by atoms with E-state index in [9.17, 15) is 18.0 Å². The van der Waals surface area contributed by atoms with Crippen LogP contribution in [0.1, 0.15) is 21.5 Å². The van der Waals surface area contributed by atoms with Gasteiger partial charge in [0, 0.05) is 30.6 Å². The molecule has 148 valence electrons. The van der Waals surface area contributed by atoms with Crippen LogP contribution < -0.4 is 10.2 Å². The monoisotopic (exact) mass is 399 g/mol. The van der Waals surface area contributed by atoms with E-state index in [2.05, 4.69) is 10.4 Å². The van der Waals surface area contributed by atoms with E-state index in [0.29, 0.717) is 48.2 Å². The lowest BCUT2D eigenvalue weighted by atomic mass is 10.1. The number of carbonyl (C=O) groups is 1. The molecular formula is C20H16F3N5O. The van der Waals surface area contributed by atoms with Gasteiger partial charge >= 0.3 is 6.18 Å². The SMILES string of the molecule is N#Cc1ccc(C(=O)NCCN2CCn3nc4cc(C(F)(F)F)ccc4c32)cc1. The molecule has 1 aromatic heterocycles. The Morgan fingerprint density at radius 3 is 2.62 bits per heavy atom. The van der Waals surface area contributed by atoms with Crippen molar-refractivity contribution in [1.29, 1.82) is 5.26 Å². The first kappa shape index (κ1) is 18.8. The van der Waals surface area contributed by atoms with Gasteiger partial charge in [0.15, 0.2) is 0 Å². The van der Waals surface area contributed by atoms with Gasteiger partial charge in [-0.1, -0.05) is 0 Å². The van der Waals surface area contributed by atoms with Crippen LogP contribution >= 0.6 is 0 Å². The van der Waals surface area contributed by atoms with Gasteiger partial charge in [0.05, 0.1) is 29.3 Å². The number of benzene rings is 2. The van der Waals surface area contributed by atoms with Crippen molar-refractivity contribution in [3.05, 3.63) is 59.2 Å². The third kappa shape index (κ3) is 3.61. The Morgan fingerprint density at radius 1 is 1.17 bits per heavy atom. The molecule has 0 saturated heterocycles. The van der Waals surface area contributed by atoms with E-state index in [1.165, 1.54) is 6.07 Å². The van der Waals surface area contributed by atoms with Gasteiger partial charge < -0.3 is 10.2 Å². The smallest absolute Gasteiger partial charge is 0.353 e. The molecule has 0 fully saturated rings. The maximum atomic E-state index is 12.9. The molecule has 0 saturated carbocycles. The third-order valence-corrected chi connectivity index (χ3v) is 4.86. The number of aromatic nitrogens is 2. The van der Waals surface area contributed by atoms with Crippen LogP contribution in [0, 0.1) is 11.3 Å². The molecular weight excluding hydrogens is 383 g/mol. The number of nitrogens with zero attached hydrogens (tertiary/aromatic N) is 4. The van der Waals surface area contributed by atoms with Crippen molar-refractivity contribution in [1.82, 2.24) is 15.1 Å². The minimum Gasteiger partial charge on any atom is -0.353 e. The van der Waals surface area contributed by atoms with Crippen molar-refractivity contribution >= 4 is 22.6 Å². The summed E-state index contributed by atoms with van der Waals surface area (Å²) in [7, 11) is 0. The Kier molecular flexibility index (Phi) is 4.62. The van der Waals surface area contributed by atoms with E-state index in [1.54, 1.807) is 28.9 Å². The number of nitriles is 1. The number of hydrogen-bond acceptors (Lipinski definition) is 4. The molecule has 6 nitrogen and oxygen atoms in total. The number of fused-ring (bicyclic) bond motifs is 3. The second-order valence-corrected chi connectivity index (χ2v) is 6.71. The molecule has 1 aliphatic heterocycles. The lowest BCUT2D eigenvalue weighted by molar-refractivity contribution is -0.137. The van der Waals surface area contributed by atoms with Gasteiger partial charge in [0.2, 0.25) is 0 Å². The molecule has 1 amide bonds. The summed E-state index contributed by atoms with van der Waals surface area (Å²) in [5.74, 6) is 0.517.